The van der Waals surface area contributed by atoms with Crippen LogP contribution < -0.4 is 9.47 Å². The van der Waals surface area contributed by atoms with Crippen molar-refractivity contribution >= 4 is 0 Å². The standard InChI is InChI=1S/C21H27NO3/c1-23-21-10-9-18(6-5-11-22-12-14-24-15-13-22)16-19(21)17-25-20-7-3-2-4-8-20/h2-4,7-10,16H,5-6,11-15,17H2,1H3. The number of aryl methyl sites for hydroxylation is 1. The van der Waals surface area contributed by atoms with Crippen LogP contribution in [0.5, 0.6) is 11.5 Å². The summed E-state index contributed by atoms with van der Waals surface area (Å²) >= 11 is 0. The number of hydrogen-bond donors (Lipinski definition) is 0. The molecule has 3 rings (SSSR count). The molecule has 1 saturated heterocycles. The van der Waals surface area contributed by atoms with E-state index in [0.717, 1.165) is 62.8 Å². The van der Waals surface area contributed by atoms with E-state index < -0.39 is 0 Å². The molecule has 0 aliphatic carbocycles. The molecule has 1 fully saturated rings. The molecule has 1 aliphatic heterocycles. The lowest BCUT2D eigenvalue weighted by Crippen LogP contribution is -2.36. The first-order valence-electron chi connectivity index (χ1n) is 8.99. The number of rotatable bonds is 8. The van der Waals surface area contributed by atoms with E-state index in [9.17, 15) is 0 Å². The minimum atomic E-state index is 0.518. The molecule has 134 valence electrons. The Kier molecular flexibility index (Phi) is 6.71. The van der Waals surface area contributed by atoms with Gasteiger partial charge in [-0.05, 0) is 49.2 Å². The van der Waals surface area contributed by atoms with Crippen molar-refractivity contribution in [2.45, 2.75) is 19.4 Å². The lowest BCUT2D eigenvalue weighted by Gasteiger charge is -2.26. The quantitative estimate of drug-likeness (QED) is 0.735. The molecule has 2 aromatic carbocycles. The Morgan fingerprint density at radius 2 is 1.84 bits per heavy atom. The molecule has 0 unspecified atom stereocenters. The van der Waals surface area contributed by atoms with Crippen LogP contribution in [0.2, 0.25) is 0 Å². The molecule has 4 nitrogen and oxygen atoms in total. The van der Waals surface area contributed by atoms with Crippen LogP contribution >= 0.6 is 0 Å². The highest BCUT2D eigenvalue weighted by Crippen LogP contribution is 2.23. The van der Waals surface area contributed by atoms with Gasteiger partial charge in [0.05, 0.1) is 20.3 Å². The maximum atomic E-state index is 5.89. The van der Waals surface area contributed by atoms with Gasteiger partial charge in [-0.2, -0.15) is 0 Å². The number of para-hydroxylation sites is 1. The largest absolute Gasteiger partial charge is 0.496 e. The van der Waals surface area contributed by atoms with Crippen molar-refractivity contribution in [2.75, 3.05) is 40.0 Å². The second-order valence-electron chi connectivity index (χ2n) is 6.31. The number of ether oxygens (including phenoxy) is 3. The minimum Gasteiger partial charge on any atom is -0.496 e. The molecule has 0 radical (unpaired) electrons. The lowest BCUT2D eigenvalue weighted by atomic mass is 10.1. The Labute approximate surface area is 150 Å². The van der Waals surface area contributed by atoms with Crippen molar-refractivity contribution in [2.24, 2.45) is 0 Å². The third-order valence-electron chi connectivity index (χ3n) is 4.53. The van der Waals surface area contributed by atoms with Crippen LogP contribution in [-0.2, 0) is 17.8 Å². The van der Waals surface area contributed by atoms with Crippen molar-refractivity contribution in [1.82, 2.24) is 4.90 Å². The molecule has 0 aromatic heterocycles. The van der Waals surface area contributed by atoms with Gasteiger partial charge in [-0.1, -0.05) is 24.3 Å². The summed E-state index contributed by atoms with van der Waals surface area (Å²) in [6.45, 7) is 5.49. The minimum absolute atomic E-state index is 0.518. The maximum Gasteiger partial charge on any atom is 0.125 e. The SMILES string of the molecule is COc1ccc(CCCN2CCOCC2)cc1COc1ccccc1. The molecule has 2 aromatic rings. The molecule has 0 N–H and O–H groups in total. The van der Waals surface area contributed by atoms with E-state index in [-0.39, 0.29) is 0 Å². The normalized spacial score (nSPS) is 15.1. The van der Waals surface area contributed by atoms with Gasteiger partial charge >= 0.3 is 0 Å². The Hall–Kier alpha value is -2.04. The summed E-state index contributed by atoms with van der Waals surface area (Å²) in [6, 6.07) is 16.3. The zero-order valence-electron chi connectivity index (χ0n) is 14.9. The van der Waals surface area contributed by atoms with E-state index in [4.69, 9.17) is 14.2 Å². The van der Waals surface area contributed by atoms with E-state index in [0.29, 0.717) is 6.61 Å². The number of nitrogens with zero attached hydrogens (tertiary/aromatic N) is 1. The molecule has 1 heterocycles. The average molecular weight is 341 g/mol. The van der Waals surface area contributed by atoms with Crippen molar-refractivity contribution in [3.8, 4) is 11.5 Å². The summed E-state index contributed by atoms with van der Waals surface area (Å²) in [4.78, 5) is 2.48. The smallest absolute Gasteiger partial charge is 0.125 e. The fraction of sp³-hybridized carbons (Fsp3) is 0.429. The Morgan fingerprint density at radius 1 is 1.04 bits per heavy atom. The fourth-order valence-electron chi connectivity index (χ4n) is 3.11. The van der Waals surface area contributed by atoms with E-state index in [1.54, 1.807) is 7.11 Å². The highest BCUT2D eigenvalue weighted by molar-refractivity contribution is 5.37. The molecule has 0 amide bonds. The van der Waals surface area contributed by atoms with Crippen molar-refractivity contribution in [3.63, 3.8) is 0 Å². The van der Waals surface area contributed by atoms with Crippen LogP contribution in [-0.4, -0.2) is 44.9 Å². The molecule has 0 saturated carbocycles. The summed E-state index contributed by atoms with van der Waals surface area (Å²) in [5, 5.41) is 0. The maximum absolute atomic E-state index is 5.89. The van der Waals surface area contributed by atoms with Gasteiger partial charge in [0, 0.05) is 18.7 Å². The highest BCUT2D eigenvalue weighted by Gasteiger charge is 2.10. The second kappa shape index (κ2) is 9.44. The third-order valence-corrected chi connectivity index (χ3v) is 4.53. The predicted molar refractivity (Wildman–Crippen MR) is 99.3 cm³/mol. The number of benzene rings is 2. The van der Waals surface area contributed by atoms with Crippen molar-refractivity contribution in [3.05, 3.63) is 59.7 Å². The molecule has 1 aliphatic rings. The fourth-order valence-corrected chi connectivity index (χ4v) is 3.11. The van der Waals surface area contributed by atoms with E-state index in [2.05, 4.69) is 17.0 Å². The van der Waals surface area contributed by atoms with Crippen LogP contribution in [0.4, 0.5) is 0 Å². The van der Waals surface area contributed by atoms with Gasteiger partial charge in [0.2, 0.25) is 0 Å². The van der Waals surface area contributed by atoms with E-state index in [1.165, 1.54) is 5.56 Å². The average Bonchev–Trinajstić information content (AvgIpc) is 2.68. The van der Waals surface area contributed by atoms with Gasteiger partial charge in [-0.25, -0.2) is 0 Å². The second-order valence-corrected chi connectivity index (χ2v) is 6.31. The summed E-state index contributed by atoms with van der Waals surface area (Å²) in [7, 11) is 1.71. The van der Waals surface area contributed by atoms with Gasteiger partial charge in [0.25, 0.3) is 0 Å². The number of methoxy groups -OCH3 is 1. The van der Waals surface area contributed by atoms with Crippen LogP contribution in [0, 0.1) is 0 Å². The zero-order chi connectivity index (χ0) is 17.3. The van der Waals surface area contributed by atoms with Crippen LogP contribution in [0.25, 0.3) is 0 Å². The van der Waals surface area contributed by atoms with Crippen LogP contribution in [0.3, 0.4) is 0 Å². The predicted octanol–water partition coefficient (Wildman–Crippen LogP) is 3.54. The summed E-state index contributed by atoms with van der Waals surface area (Å²) in [5.41, 5.74) is 2.43. The molecule has 0 atom stereocenters. The summed E-state index contributed by atoms with van der Waals surface area (Å²) < 4.78 is 16.8. The van der Waals surface area contributed by atoms with Gasteiger partial charge in [-0.3, -0.25) is 4.90 Å². The lowest BCUT2D eigenvalue weighted by molar-refractivity contribution is 0.0374. The molecule has 25 heavy (non-hydrogen) atoms. The van der Waals surface area contributed by atoms with Crippen molar-refractivity contribution < 1.29 is 14.2 Å². The Bertz CT molecular complexity index is 639. The molecule has 0 spiro atoms. The van der Waals surface area contributed by atoms with Gasteiger partial charge in [-0.15, -0.1) is 0 Å². The first-order valence-corrected chi connectivity index (χ1v) is 8.99. The molecular weight excluding hydrogens is 314 g/mol. The third kappa shape index (κ3) is 5.48. The van der Waals surface area contributed by atoms with Crippen LogP contribution in [0.1, 0.15) is 17.5 Å². The van der Waals surface area contributed by atoms with Gasteiger partial charge in [0.15, 0.2) is 0 Å². The first-order chi connectivity index (χ1) is 12.3. The number of morpholine rings is 1. The Morgan fingerprint density at radius 3 is 2.60 bits per heavy atom. The van der Waals surface area contributed by atoms with Crippen molar-refractivity contribution in [1.29, 1.82) is 0 Å². The topological polar surface area (TPSA) is 30.9 Å². The summed E-state index contributed by atoms with van der Waals surface area (Å²) in [5.74, 6) is 1.76. The molecule has 4 heteroatoms. The zero-order valence-corrected chi connectivity index (χ0v) is 14.9. The highest BCUT2D eigenvalue weighted by atomic mass is 16.5. The van der Waals surface area contributed by atoms with Gasteiger partial charge in [0.1, 0.15) is 18.1 Å². The number of hydrogen-bond acceptors (Lipinski definition) is 4. The van der Waals surface area contributed by atoms with E-state index >= 15 is 0 Å². The Balaban J connectivity index is 1.55. The monoisotopic (exact) mass is 341 g/mol. The van der Waals surface area contributed by atoms with Crippen LogP contribution in [0.15, 0.2) is 48.5 Å². The molecular formula is C21H27NO3. The van der Waals surface area contributed by atoms with Gasteiger partial charge < -0.3 is 14.2 Å². The molecule has 0 bridgehead atoms. The first kappa shape index (κ1) is 17.8. The summed E-state index contributed by atoms with van der Waals surface area (Å²) in [6.07, 6.45) is 2.23. The van der Waals surface area contributed by atoms with E-state index in [1.807, 2.05) is 36.4 Å².